The van der Waals surface area contributed by atoms with Crippen molar-refractivity contribution >= 4 is 17.8 Å². The van der Waals surface area contributed by atoms with Crippen LogP contribution in [-0.2, 0) is 0 Å². The maximum absolute atomic E-state index is 11.6. The molecule has 0 spiro atoms. The molecular formula is C11H9NO4. The highest BCUT2D eigenvalue weighted by molar-refractivity contribution is 6.21. The molecule has 0 radical (unpaired) electrons. The largest absolute Gasteiger partial charge is 0.478 e. The van der Waals surface area contributed by atoms with Crippen LogP contribution in [0, 0.1) is 6.92 Å². The van der Waals surface area contributed by atoms with Crippen molar-refractivity contribution in [2.24, 2.45) is 0 Å². The summed E-state index contributed by atoms with van der Waals surface area (Å²) in [7, 11) is 1.38. The Bertz CT molecular complexity index is 533. The van der Waals surface area contributed by atoms with Crippen molar-refractivity contribution in [1.29, 1.82) is 0 Å². The van der Waals surface area contributed by atoms with Gasteiger partial charge in [0.05, 0.1) is 16.7 Å². The fourth-order valence-electron chi connectivity index (χ4n) is 1.75. The summed E-state index contributed by atoms with van der Waals surface area (Å²) >= 11 is 0. The van der Waals surface area contributed by atoms with Crippen LogP contribution < -0.4 is 0 Å². The first-order valence-corrected chi connectivity index (χ1v) is 4.64. The molecule has 0 saturated carbocycles. The van der Waals surface area contributed by atoms with E-state index in [2.05, 4.69) is 0 Å². The fraction of sp³-hybridized carbons (Fsp3) is 0.182. The van der Waals surface area contributed by atoms with Crippen LogP contribution >= 0.6 is 0 Å². The van der Waals surface area contributed by atoms with Gasteiger partial charge in [0.1, 0.15) is 0 Å². The third kappa shape index (κ3) is 1.21. The van der Waals surface area contributed by atoms with Gasteiger partial charge in [-0.05, 0) is 24.6 Å². The average Bonchev–Trinajstić information content (AvgIpc) is 2.43. The maximum atomic E-state index is 11.6. The van der Waals surface area contributed by atoms with Crippen LogP contribution in [0.4, 0.5) is 0 Å². The van der Waals surface area contributed by atoms with Crippen molar-refractivity contribution in [2.45, 2.75) is 6.92 Å². The third-order valence-electron chi connectivity index (χ3n) is 2.67. The number of hydrogen-bond acceptors (Lipinski definition) is 3. The highest BCUT2D eigenvalue weighted by Gasteiger charge is 2.33. The molecule has 1 N–H and O–H groups in total. The first kappa shape index (κ1) is 10.4. The van der Waals surface area contributed by atoms with Crippen molar-refractivity contribution < 1.29 is 19.5 Å². The van der Waals surface area contributed by atoms with Gasteiger partial charge in [-0.1, -0.05) is 0 Å². The van der Waals surface area contributed by atoms with Gasteiger partial charge in [-0.3, -0.25) is 14.5 Å². The molecule has 2 amide bonds. The predicted octanol–water partition coefficient (Wildman–Crippen LogP) is 0.919. The summed E-state index contributed by atoms with van der Waals surface area (Å²) in [4.78, 5) is 35.1. The molecule has 0 aromatic heterocycles. The predicted molar refractivity (Wildman–Crippen MR) is 54.6 cm³/mol. The van der Waals surface area contributed by atoms with Crippen molar-refractivity contribution in [3.8, 4) is 0 Å². The number of rotatable bonds is 1. The Morgan fingerprint density at radius 1 is 1.19 bits per heavy atom. The lowest BCUT2D eigenvalue weighted by molar-refractivity contribution is 0.0685. The number of aromatic carboxylic acids is 1. The molecule has 82 valence electrons. The number of carbonyl (C=O) groups is 3. The molecule has 16 heavy (non-hydrogen) atoms. The molecule has 1 heterocycles. The van der Waals surface area contributed by atoms with Gasteiger partial charge in [0.2, 0.25) is 0 Å². The molecule has 1 aliphatic heterocycles. The molecule has 1 aromatic rings. The van der Waals surface area contributed by atoms with E-state index in [1.54, 1.807) is 6.92 Å². The summed E-state index contributed by atoms with van der Waals surface area (Å²) in [6.45, 7) is 1.60. The number of carbonyl (C=O) groups excluding carboxylic acids is 2. The Kier molecular flexibility index (Phi) is 2.05. The molecule has 0 atom stereocenters. The lowest BCUT2D eigenvalue weighted by Gasteiger charge is -2.02. The summed E-state index contributed by atoms with van der Waals surface area (Å²) in [5, 5.41) is 8.91. The van der Waals surface area contributed by atoms with E-state index in [0.717, 1.165) is 4.90 Å². The number of fused-ring (bicyclic) bond motifs is 1. The summed E-state index contributed by atoms with van der Waals surface area (Å²) in [5.41, 5.74) is 0.961. The van der Waals surface area contributed by atoms with Crippen LogP contribution in [0.15, 0.2) is 12.1 Å². The van der Waals surface area contributed by atoms with Gasteiger partial charge in [-0.15, -0.1) is 0 Å². The van der Waals surface area contributed by atoms with Gasteiger partial charge in [0, 0.05) is 7.05 Å². The Hall–Kier alpha value is -2.17. The summed E-state index contributed by atoms with van der Waals surface area (Å²) in [6, 6.07) is 2.71. The summed E-state index contributed by atoms with van der Waals surface area (Å²) in [5.74, 6) is -1.95. The second kappa shape index (κ2) is 3.16. The normalized spacial score (nSPS) is 14.2. The Balaban J connectivity index is 2.70. The van der Waals surface area contributed by atoms with E-state index >= 15 is 0 Å². The van der Waals surface area contributed by atoms with E-state index in [-0.39, 0.29) is 22.6 Å². The number of benzene rings is 1. The van der Waals surface area contributed by atoms with Crippen LogP contribution in [0.2, 0.25) is 0 Å². The van der Waals surface area contributed by atoms with E-state index in [4.69, 9.17) is 5.11 Å². The molecular weight excluding hydrogens is 210 g/mol. The SMILES string of the molecule is Cc1cc2c(cc1C(=O)O)C(=O)N(C)C2=O. The zero-order valence-electron chi connectivity index (χ0n) is 8.77. The van der Waals surface area contributed by atoms with Gasteiger partial charge in [-0.2, -0.15) is 0 Å². The highest BCUT2D eigenvalue weighted by Crippen LogP contribution is 2.25. The quantitative estimate of drug-likeness (QED) is 0.712. The van der Waals surface area contributed by atoms with Crippen LogP contribution in [0.1, 0.15) is 36.6 Å². The number of nitrogens with zero attached hydrogens (tertiary/aromatic N) is 1. The Morgan fingerprint density at radius 3 is 2.19 bits per heavy atom. The van der Waals surface area contributed by atoms with Crippen molar-refractivity contribution in [3.63, 3.8) is 0 Å². The molecule has 0 saturated heterocycles. The Morgan fingerprint density at radius 2 is 1.69 bits per heavy atom. The van der Waals surface area contributed by atoms with Gasteiger partial charge in [-0.25, -0.2) is 4.79 Å². The molecule has 5 nitrogen and oxygen atoms in total. The molecule has 5 heteroatoms. The number of carboxylic acids is 1. The van der Waals surface area contributed by atoms with Gasteiger partial charge in [0.15, 0.2) is 0 Å². The first-order chi connectivity index (χ1) is 7.43. The number of amides is 2. The molecule has 0 aliphatic carbocycles. The van der Waals surface area contributed by atoms with Crippen molar-refractivity contribution in [3.05, 3.63) is 34.4 Å². The second-order valence-electron chi connectivity index (χ2n) is 3.69. The fourth-order valence-corrected chi connectivity index (χ4v) is 1.75. The number of aryl methyl sites for hydroxylation is 1. The lowest BCUT2D eigenvalue weighted by Crippen LogP contribution is -2.24. The van der Waals surface area contributed by atoms with Gasteiger partial charge in [0.25, 0.3) is 11.8 Å². The molecule has 0 fully saturated rings. The van der Waals surface area contributed by atoms with Crippen molar-refractivity contribution in [1.82, 2.24) is 4.90 Å². The van der Waals surface area contributed by atoms with E-state index in [1.165, 1.54) is 19.2 Å². The Labute approximate surface area is 91.3 Å². The zero-order chi connectivity index (χ0) is 12.0. The van der Waals surface area contributed by atoms with E-state index in [0.29, 0.717) is 5.56 Å². The molecule has 1 aliphatic rings. The molecule has 0 unspecified atom stereocenters. The smallest absolute Gasteiger partial charge is 0.335 e. The zero-order valence-corrected chi connectivity index (χ0v) is 8.77. The van der Waals surface area contributed by atoms with Crippen LogP contribution in [-0.4, -0.2) is 34.8 Å². The number of carboxylic acid groups (broad SMARTS) is 1. The second-order valence-corrected chi connectivity index (χ2v) is 3.69. The molecule has 1 aromatic carbocycles. The van der Waals surface area contributed by atoms with E-state index in [1.807, 2.05) is 0 Å². The first-order valence-electron chi connectivity index (χ1n) is 4.64. The van der Waals surface area contributed by atoms with Crippen LogP contribution in [0.5, 0.6) is 0 Å². The maximum Gasteiger partial charge on any atom is 0.335 e. The van der Waals surface area contributed by atoms with E-state index < -0.39 is 11.9 Å². The topological polar surface area (TPSA) is 74.7 Å². The average molecular weight is 219 g/mol. The van der Waals surface area contributed by atoms with Gasteiger partial charge < -0.3 is 5.11 Å². The number of imide groups is 1. The lowest BCUT2D eigenvalue weighted by atomic mass is 10.0. The monoisotopic (exact) mass is 219 g/mol. The van der Waals surface area contributed by atoms with Gasteiger partial charge >= 0.3 is 5.97 Å². The van der Waals surface area contributed by atoms with Crippen LogP contribution in [0.3, 0.4) is 0 Å². The standard InChI is InChI=1S/C11H9NO4/c1-5-3-7-8(4-6(5)11(15)16)10(14)12(2)9(7)13/h3-4H,1-2H3,(H,15,16). The summed E-state index contributed by atoms with van der Waals surface area (Å²) in [6.07, 6.45) is 0. The summed E-state index contributed by atoms with van der Waals surface area (Å²) < 4.78 is 0. The minimum absolute atomic E-state index is 0.0511. The minimum atomic E-state index is -1.10. The third-order valence-corrected chi connectivity index (χ3v) is 2.67. The molecule has 0 bridgehead atoms. The van der Waals surface area contributed by atoms with Crippen molar-refractivity contribution in [2.75, 3.05) is 7.05 Å². The molecule has 2 rings (SSSR count). The number of hydrogen-bond donors (Lipinski definition) is 1. The van der Waals surface area contributed by atoms with E-state index in [9.17, 15) is 14.4 Å². The minimum Gasteiger partial charge on any atom is -0.478 e. The highest BCUT2D eigenvalue weighted by atomic mass is 16.4. The van der Waals surface area contributed by atoms with Crippen LogP contribution in [0.25, 0.3) is 0 Å².